The van der Waals surface area contributed by atoms with E-state index in [2.05, 4.69) is 26.2 Å². The van der Waals surface area contributed by atoms with Gasteiger partial charge in [0.1, 0.15) is 0 Å². The second kappa shape index (κ2) is 5.64. The molecule has 1 aromatic rings. The predicted octanol–water partition coefficient (Wildman–Crippen LogP) is 2.10. The van der Waals surface area contributed by atoms with Crippen LogP contribution in [-0.2, 0) is 9.59 Å². The summed E-state index contributed by atoms with van der Waals surface area (Å²) in [7, 11) is 0. The second-order valence-corrected chi connectivity index (χ2v) is 5.74. The minimum atomic E-state index is -0.310. The van der Waals surface area contributed by atoms with Crippen LogP contribution in [0.3, 0.4) is 0 Å². The fourth-order valence-electron chi connectivity index (χ4n) is 1.61. The Balaban J connectivity index is 1.94. The van der Waals surface area contributed by atoms with E-state index < -0.39 is 0 Å². The van der Waals surface area contributed by atoms with Crippen LogP contribution in [0.5, 0.6) is 0 Å². The molecule has 0 spiro atoms. The number of nitrogens with zero attached hydrogens (tertiary/aromatic N) is 1. The number of aromatic nitrogens is 1. The molecular formula is C11H11BrN2O2S. The molecule has 1 N–H and O–H groups in total. The van der Waals surface area contributed by atoms with Crippen molar-refractivity contribution in [2.45, 2.75) is 6.42 Å². The normalized spacial score (nSPS) is 20.4. The van der Waals surface area contributed by atoms with Crippen LogP contribution in [0.2, 0.25) is 0 Å². The summed E-state index contributed by atoms with van der Waals surface area (Å²) in [6.45, 7) is 0.489. The molecule has 1 saturated heterocycles. The van der Waals surface area contributed by atoms with Crippen molar-refractivity contribution in [1.29, 1.82) is 0 Å². The highest BCUT2D eigenvalue weighted by atomic mass is 79.9. The minimum Gasteiger partial charge on any atom is -0.383 e. The fraction of sp³-hybridized carbons (Fsp3) is 0.364. The molecule has 90 valence electrons. The molecule has 2 rings (SSSR count). The molecule has 1 atom stereocenters. The van der Waals surface area contributed by atoms with Crippen molar-refractivity contribution in [3.63, 3.8) is 0 Å². The smallest absolute Gasteiger partial charge is 0.255 e. The molecule has 0 aromatic carbocycles. The zero-order valence-electron chi connectivity index (χ0n) is 8.98. The Bertz CT molecular complexity index is 453. The van der Waals surface area contributed by atoms with Gasteiger partial charge in [0.2, 0.25) is 5.78 Å². The van der Waals surface area contributed by atoms with Gasteiger partial charge in [-0.25, -0.2) is 0 Å². The van der Waals surface area contributed by atoms with Gasteiger partial charge in [-0.1, -0.05) is 11.8 Å². The highest BCUT2D eigenvalue weighted by Crippen LogP contribution is 2.22. The SMILES string of the molecule is O=C1SCCC(CNc2cncc(Br)c2)C1=O. The Morgan fingerprint density at radius 1 is 1.47 bits per heavy atom. The quantitative estimate of drug-likeness (QED) is 0.866. The van der Waals surface area contributed by atoms with Crippen LogP contribution in [0.25, 0.3) is 0 Å². The molecule has 17 heavy (non-hydrogen) atoms. The maximum absolute atomic E-state index is 11.6. The van der Waals surface area contributed by atoms with E-state index in [1.807, 2.05) is 6.07 Å². The standard InChI is InChI=1S/C11H11BrN2O2S/c12-8-3-9(6-13-5-8)14-4-7-1-2-17-11(16)10(7)15/h3,5-7,14H,1-2,4H2. The van der Waals surface area contributed by atoms with Gasteiger partial charge in [0.25, 0.3) is 5.12 Å². The van der Waals surface area contributed by atoms with E-state index in [1.54, 1.807) is 12.4 Å². The van der Waals surface area contributed by atoms with Crippen LogP contribution in [0.15, 0.2) is 22.9 Å². The third kappa shape index (κ3) is 3.29. The van der Waals surface area contributed by atoms with Gasteiger partial charge in [0.15, 0.2) is 0 Å². The van der Waals surface area contributed by atoms with Gasteiger partial charge < -0.3 is 5.32 Å². The number of hydrogen-bond acceptors (Lipinski definition) is 5. The third-order valence-corrected chi connectivity index (χ3v) is 3.87. The summed E-state index contributed by atoms with van der Waals surface area (Å²) < 4.78 is 0.879. The molecule has 2 heterocycles. The van der Waals surface area contributed by atoms with Crippen molar-refractivity contribution < 1.29 is 9.59 Å². The van der Waals surface area contributed by atoms with E-state index >= 15 is 0 Å². The summed E-state index contributed by atoms with van der Waals surface area (Å²) in [5, 5.41) is 2.82. The van der Waals surface area contributed by atoms with E-state index in [0.29, 0.717) is 6.54 Å². The molecule has 4 nitrogen and oxygen atoms in total. The van der Waals surface area contributed by atoms with E-state index in [0.717, 1.165) is 34.1 Å². The molecule has 1 aliphatic rings. The summed E-state index contributed by atoms with van der Waals surface area (Å²) in [5.41, 5.74) is 0.845. The topological polar surface area (TPSA) is 59.1 Å². The molecule has 0 amide bonds. The average molecular weight is 315 g/mol. The zero-order chi connectivity index (χ0) is 12.3. The maximum Gasteiger partial charge on any atom is 0.255 e. The lowest BCUT2D eigenvalue weighted by Crippen LogP contribution is -2.32. The summed E-state index contributed by atoms with van der Waals surface area (Å²) in [6.07, 6.45) is 4.13. The lowest BCUT2D eigenvalue weighted by molar-refractivity contribution is -0.134. The first kappa shape index (κ1) is 12.6. The summed E-state index contributed by atoms with van der Waals surface area (Å²) in [6, 6.07) is 1.89. The van der Waals surface area contributed by atoms with Crippen molar-refractivity contribution in [3.05, 3.63) is 22.9 Å². The van der Waals surface area contributed by atoms with Gasteiger partial charge in [-0.2, -0.15) is 0 Å². The first-order valence-corrected chi connectivity index (χ1v) is 7.00. The lowest BCUT2D eigenvalue weighted by atomic mass is 10.0. The van der Waals surface area contributed by atoms with Gasteiger partial charge in [-0.05, 0) is 28.4 Å². The van der Waals surface area contributed by atoms with Gasteiger partial charge in [0.05, 0.1) is 11.9 Å². The molecule has 6 heteroatoms. The number of Topliss-reactive ketones (excluding diaryl/α,β-unsaturated/α-hetero) is 1. The highest BCUT2D eigenvalue weighted by molar-refractivity contribution is 9.10. The molecule has 1 unspecified atom stereocenters. The lowest BCUT2D eigenvalue weighted by Gasteiger charge is -2.19. The first-order chi connectivity index (χ1) is 8.16. The molecule has 1 aliphatic heterocycles. The number of carbonyl (C=O) groups excluding carboxylic acids is 2. The number of carbonyl (C=O) groups is 2. The Morgan fingerprint density at radius 3 is 3.06 bits per heavy atom. The maximum atomic E-state index is 11.6. The second-order valence-electron chi connectivity index (χ2n) is 3.76. The Hall–Kier alpha value is -0.880. The largest absolute Gasteiger partial charge is 0.383 e. The predicted molar refractivity (Wildman–Crippen MR) is 71.0 cm³/mol. The first-order valence-electron chi connectivity index (χ1n) is 5.22. The van der Waals surface area contributed by atoms with Gasteiger partial charge >= 0.3 is 0 Å². The number of anilines is 1. The van der Waals surface area contributed by atoms with E-state index in [4.69, 9.17) is 0 Å². The number of rotatable bonds is 3. The van der Waals surface area contributed by atoms with Crippen molar-refractivity contribution >= 4 is 44.3 Å². The molecule has 0 saturated carbocycles. The molecule has 0 radical (unpaired) electrons. The summed E-state index contributed by atoms with van der Waals surface area (Å²) in [5.74, 6) is 0.257. The van der Waals surface area contributed by atoms with Crippen LogP contribution in [0.1, 0.15) is 6.42 Å². The Labute approximate surface area is 112 Å². The number of nitrogens with one attached hydrogen (secondary N) is 1. The molecular weight excluding hydrogens is 304 g/mol. The number of pyridine rings is 1. The van der Waals surface area contributed by atoms with E-state index in [-0.39, 0.29) is 16.8 Å². The summed E-state index contributed by atoms with van der Waals surface area (Å²) >= 11 is 4.44. The Kier molecular flexibility index (Phi) is 4.17. The zero-order valence-corrected chi connectivity index (χ0v) is 11.4. The Morgan fingerprint density at radius 2 is 2.29 bits per heavy atom. The van der Waals surface area contributed by atoms with Crippen LogP contribution in [0.4, 0.5) is 5.69 Å². The third-order valence-electron chi connectivity index (χ3n) is 2.53. The molecule has 1 fully saturated rings. The van der Waals surface area contributed by atoms with Crippen LogP contribution < -0.4 is 5.32 Å². The molecule has 0 aliphatic carbocycles. The van der Waals surface area contributed by atoms with Crippen molar-refractivity contribution in [2.75, 3.05) is 17.6 Å². The van der Waals surface area contributed by atoms with Gasteiger partial charge in [-0.15, -0.1) is 0 Å². The van der Waals surface area contributed by atoms with Crippen molar-refractivity contribution in [2.24, 2.45) is 5.92 Å². The van der Waals surface area contributed by atoms with Crippen molar-refractivity contribution in [1.82, 2.24) is 4.98 Å². The molecule has 0 bridgehead atoms. The van der Waals surface area contributed by atoms with Crippen LogP contribution in [0, 0.1) is 5.92 Å². The number of halogens is 1. The van der Waals surface area contributed by atoms with Gasteiger partial charge in [0, 0.05) is 28.9 Å². The summed E-state index contributed by atoms with van der Waals surface area (Å²) in [4.78, 5) is 26.8. The number of hydrogen-bond donors (Lipinski definition) is 1. The number of thioether (sulfide) groups is 1. The van der Waals surface area contributed by atoms with E-state index in [9.17, 15) is 9.59 Å². The van der Waals surface area contributed by atoms with Crippen LogP contribution >= 0.6 is 27.7 Å². The highest BCUT2D eigenvalue weighted by Gasteiger charge is 2.29. The molecule has 1 aromatic heterocycles. The minimum absolute atomic E-state index is 0.206. The van der Waals surface area contributed by atoms with E-state index in [1.165, 1.54) is 0 Å². The van der Waals surface area contributed by atoms with Crippen molar-refractivity contribution in [3.8, 4) is 0 Å². The van der Waals surface area contributed by atoms with Crippen LogP contribution in [-0.4, -0.2) is 28.2 Å². The number of ketones is 1. The van der Waals surface area contributed by atoms with Gasteiger partial charge in [-0.3, -0.25) is 14.6 Å². The average Bonchev–Trinajstić information content (AvgIpc) is 2.31. The monoisotopic (exact) mass is 314 g/mol. The fourth-order valence-corrected chi connectivity index (χ4v) is 2.87.